The lowest BCUT2D eigenvalue weighted by Crippen LogP contribution is -2.54. The Morgan fingerprint density at radius 3 is 2.58 bits per heavy atom. The third kappa shape index (κ3) is 1.99. The fourth-order valence-corrected chi connectivity index (χ4v) is 2.24. The highest BCUT2D eigenvalue weighted by Crippen LogP contribution is 2.26. The molecule has 2 heteroatoms. The second-order valence-corrected chi connectivity index (χ2v) is 4.15. The molecule has 0 spiro atoms. The predicted molar refractivity (Wildman–Crippen MR) is 53.4 cm³/mol. The lowest BCUT2D eigenvalue weighted by Gasteiger charge is -2.43. The highest BCUT2D eigenvalue weighted by molar-refractivity contribution is 4.92. The van der Waals surface area contributed by atoms with Crippen molar-refractivity contribution in [3.63, 3.8) is 0 Å². The molecule has 72 valence electrons. The predicted octanol–water partition coefficient (Wildman–Crippen LogP) is 1.47. The van der Waals surface area contributed by atoms with E-state index in [9.17, 15) is 0 Å². The topological polar surface area (TPSA) is 15.3 Å². The van der Waals surface area contributed by atoms with E-state index < -0.39 is 0 Å². The summed E-state index contributed by atoms with van der Waals surface area (Å²) < 4.78 is 0. The SMILES string of the molecule is CCCC1(N(C)C)CCCNC1. The number of piperidine rings is 1. The summed E-state index contributed by atoms with van der Waals surface area (Å²) in [7, 11) is 4.42. The molecule has 1 unspecified atom stereocenters. The van der Waals surface area contributed by atoms with Gasteiger partial charge in [0.25, 0.3) is 0 Å². The van der Waals surface area contributed by atoms with Crippen LogP contribution in [0.15, 0.2) is 0 Å². The molecule has 1 saturated heterocycles. The molecule has 1 aliphatic heterocycles. The highest BCUT2D eigenvalue weighted by atomic mass is 15.2. The molecule has 12 heavy (non-hydrogen) atoms. The molecule has 1 fully saturated rings. The van der Waals surface area contributed by atoms with Crippen molar-refractivity contribution in [3.8, 4) is 0 Å². The summed E-state index contributed by atoms with van der Waals surface area (Å²) >= 11 is 0. The van der Waals surface area contributed by atoms with Gasteiger partial charge in [0.2, 0.25) is 0 Å². The van der Waals surface area contributed by atoms with Gasteiger partial charge < -0.3 is 10.2 Å². The van der Waals surface area contributed by atoms with Gasteiger partial charge in [-0.1, -0.05) is 13.3 Å². The van der Waals surface area contributed by atoms with E-state index in [-0.39, 0.29) is 0 Å². The van der Waals surface area contributed by atoms with Gasteiger partial charge in [-0.2, -0.15) is 0 Å². The molecule has 1 atom stereocenters. The summed E-state index contributed by atoms with van der Waals surface area (Å²) in [5, 5.41) is 3.50. The molecule has 0 radical (unpaired) electrons. The zero-order valence-electron chi connectivity index (χ0n) is 8.69. The number of nitrogens with zero attached hydrogens (tertiary/aromatic N) is 1. The maximum atomic E-state index is 3.50. The zero-order chi connectivity index (χ0) is 9.03. The Balaban J connectivity index is 2.56. The Hall–Kier alpha value is -0.0800. The number of hydrogen-bond acceptors (Lipinski definition) is 2. The average molecular weight is 170 g/mol. The summed E-state index contributed by atoms with van der Waals surface area (Å²) in [4.78, 5) is 2.41. The summed E-state index contributed by atoms with van der Waals surface area (Å²) in [5.41, 5.74) is 0.451. The van der Waals surface area contributed by atoms with Gasteiger partial charge in [0.05, 0.1) is 0 Å². The number of nitrogens with one attached hydrogen (secondary N) is 1. The van der Waals surface area contributed by atoms with E-state index in [1.807, 2.05) is 0 Å². The van der Waals surface area contributed by atoms with E-state index in [2.05, 4.69) is 31.2 Å². The summed E-state index contributed by atoms with van der Waals surface area (Å²) in [6.07, 6.45) is 5.31. The Morgan fingerprint density at radius 1 is 1.42 bits per heavy atom. The molecule has 1 N–H and O–H groups in total. The molecule has 1 rings (SSSR count). The molecule has 0 amide bonds. The third-order valence-electron chi connectivity index (χ3n) is 3.11. The average Bonchev–Trinajstić information content (AvgIpc) is 2.06. The van der Waals surface area contributed by atoms with Gasteiger partial charge in [0, 0.05) is 12.1 Å². The van der Waals surface area contributed by atoms with Crippen LogP contribution in [-0.4, -0.2) is 37.6 Å². The van der Waals surface area contributed by atoms with Crippen molar-refractivity contribution in [2.75, 3.05) is 27.2 Å². The quantitative estimate of drug-likeness (QED) is 0.690. The molecule has 0 saturated carbocycles. The molecule has 0 aromatic carbocycles. The monoisotopic (exact) mass is 170 g/mol. The van der Waals surface area contributed by atoms with Crippen LogP contribution in [0.1, 0.15) is 32.6 Å². The van der Waals surface area contributed by atoms with Gasteiger partial charge >= 0.3 is 0 Å². The zero-order valence-corrected chi connectivity index (χ0v) is 8.69. The van der Waals surface area contributed by atoms with Crippen molar-refractivity contribution in [2.45, 2.75) is 38.1 Å². The van der Waals surface area contributed by atoms with E-state index in [0.717, 1.165) is 0 Å². The van der Waals surface area contributed by atoms with Crippen molar-refractivity contribution in [1.29, 1.82) is 0 Å². The first kappa shape index (κ1) is 10.0. The van der Waals surface area contributed by atoms with Crippen molar-refractivity contribution in [1.82, 2.24) is 10.2 Å². The van der Waals surface area contributed by atoms with E-state index in [1.165, 1.54) is 38.8 Å². The standard InChI is InChI=1S/C10H22N2/c1-4-6-10(12(2)3)7-5-8-11-9-10/h11H,4-9H2,1-3H3. The first-order valence-electron chi connectivity index (χ1n) is 5.09. The fourth-order valence-electron chi connectivity index (χ4n) is 2.24. The van der Waals surface area contributed by atoms with Gasteiger partial charge in [-0.25, -0.2) is 0 Å². The van der Waals surface area contributed by atoms with Crippen LogP contribution in [0.25, 0.3) is 0 Å². The lowest BCUT2D eigenvalue weighted by molar-refractivity contribution is 0.103. The third-order valence-corrected chi connectivity index (χ3v) is 3.11. The largest absolute Gasteiger partial charge is 0.315 e. The van der Waals surface area contributed by atoms with Crippen LogP contribution in [0.3, 0.4) is 0 Å². The van der Waals surface area contributed by atoms with Crippen LogP contribution in [0.4, 0.5) is 0 Å². The highest BCUT2D eigenvalue weighted by Gasteiger charge is 2.32. The van der Waals surface area contributed by atoms with Crippen LogP contribution in [0, 0.1) is 0 Å². The van der Waals surface area contributed by atoms with Gasteiger partial charge in [-0.3, -0.25) is 0 Å². The number of likely N-dealkylation sites (N-methyl/N-ethyl adjacent to an activating group) is 1. The second-order valence-electron chi connectivity index (χ2n) is 4.15. The minimum atomic E-state index is 0.451. The summed E-state index contributed by atoms with van der Waals surface area (Å²) in [6, 6.07) is 0. The van der Waals surface area contributed by atoms with Gasteiger partial charge in [-0.15, -0.1) is 0 Å². The van der Waals surface area contributed by atoms with E-state index in [0.29, 0.717) is 5.54 Å². The van der Waals surface area contributed by atoms with Crippen molar-refractivity contribution >= 4 is 0 Å². The smallest absolute Gasteiger partial charge is 0.0328 e. The van der Waals surface area contributed by atoms with E-state index in [4.69, 9.17) is 0 Å². The molecule has 0 bridgehead atoms. The molecule has 2 nitrogen and oxygen atoms in total. The van der Waals surface area contributed by atoms with Crippen molar-refractivity contribution in [2.24, 2.45) is 0 Å². The minimum absolute atomic E-state index is 0.451. The first-order chi connectivity index (χ1) is 5.71. The summed E-state index contributed by atoms with van der Waals surface area (Å²) in [6.45, 7) is 4.66. The number of hydrogen-bond donors (Lipinski definition) is 1. The normalized spacial score (nSPS) is 31.0. The van der Waals surface area contributed by atoms with Crippen LogP contribution in [0.5, 0.6) is 0 Å². The molecule has 0 aromatic heterocycles. The molecule has 1 aliphatic rings. The molecule has 0 aromatic rings. The lowest BCUT2D eigenvalue weighted by atomic mass is 9.85. The first-order valence-corrected chi connectivity index (χ1v) is 5.09. The fraction of sp³-hybridized carbons (Fsp3) is 1.00. The van der Waals surface area contributed by atoms with Gasteiger partial charge in [0.15, 0.2) is 0 Å². The Labute approximate surface area is 76.3 Å². The van der Waals surface area contributed by atoms with Crippen LogP contribution in [-0.2, 0) is 0 Å². The van der Waals surface area contributed by atoms with Crippen LogP contribution in [0.2, 0.25) is 0 Å². The van der Waals surface area contributed by atoms with Crippen molar-refractivity contribution in [3.05, 3.63) is 0 Å². The second kappa shape index (κ2) is 4.24. The maximum Gasteiger partial charge on any atom is 0.0328 e. The van der Waals surface area contributed by atoms with Gasteiger partial charge in [-0.05, 0) is 39.9 Å². The molecule has 0 aliphatic carbocycles. The van der Waals surface area contributed by atoms with Crippen LogP contribution >= 0.6 is 0 Å². The summed E-state index contributed by atoms with van der Waals surface area (Å²) in [5.74, 6) is 0. The Kier molecular flexibility index (Phi) is 3.53. The Morgan fingerprint density at radius 2 is 2.17 bits per heavy atom. The minimum Gasteiger partial charge on any atom is -0.315 e. The molecular formula is C10H22N2. The van der Waals surface area contributed by atoms with E-state index in [1.54, 1.807) is 0 Å². The molecular weight excluding hydrogens is 148 g/mol. The molecule has 1 heterocycles. The van der Waals surface area contributed by atoms with Crippen molar-refractivity contribution < 1.29 is 0 Å². The Bertz CT molecular complexity index is 120. The van der Waals surface area contributed by atoms with E-state index >= 15 is 0 Å². The van der Waals surface area contributed by atoms with Gasteiger partial charge in [0.1, 0.15) is 0 Å². The number of rotatable bonds is 3. The van der Waals surface area contributed by atoms with Crippen LogP contribution < -0.4 is 5.32 Å². The maximum absolute atomic E-state index is 3.50.